The van der Waals surface area contributed by atoms with Crippen molar-refractivity contribution in [2.45, 2.75) is 30.2 Å². The van der Waals surface area contributed by atoms with E-state index >= 15 is 0 Å². The average Bonchev–Trinajstić information content (AvgIpc) is 2.69. The van der Waals surface area contributed by atoms with Crippen LogP contribution >= 0.6 is 11.8 Å². The van der Waals surface area contributed by atoms with Crippen LogP contribution in [0.4, 0.5) is 5.69 Å². The summed E-state index contributed by atoms with van der Waals surface area (Å²) in [6.45, 7) is 1.97. The first kappa shape index (κ1) is 12.8. The number of imidazole rings is 1. The highest BCUT2D eigenvalue weighted by Crippen LogP contribution is 2.26. The van der Waals surface area contributed by atoms with Crippen molar-refractivity contribution in [3.63, 3.8) is 0 Å². The van der Waals surface area contributed by atoms with Crippen LogP contribution < -0.4 is 5.73 Å². The number of carbonyl (C=O) groups is 1. The third-order valence-corrected chi connectivity index (χ3v) is 3.70. The third-order valence-electron chi connectivity index (χ3n) is 2.56. The van der Waals surface area contributed by atoms with E-state index in [2.05, 4.69) is 9.97 Å². The Kier molecular flexibility index (Phi) is 3.76. The molecule has 1 atom stereocenters. The lowest BCUT2D eigenvalue weighted by atomic mass is 10.2. The van der Waals surface area contributed by atoms with Gasteiger partial charge in [-0.1, -0.05) is 25.1 Å². The zero-order valence-electron chi connectivity index (χ0n) is 10.0. The summed E-state index contributed by atoms with van der Waals surface area (Å²) >= 11 is 1.25. The van der Waals surface area contributed by atoms with Crippen molar-refractivity contribution in [3.8, 4) is 0 Å². The maximum absolute atomic E-state index is 11.1. The summed E-state index contributed by atoms with van der Waals surface area (Å²) in [7, 11) is 0. The van der Waals surface area contributed by atoms with Crippen molar-refractivity contribution in [2.24, 2.45) is 0 Å². The van der Waals surface area contributed by atoms with Crippen LogP contribution in [0.25, 0.3) is 11.0 Å². The summed E-state index contributed by atoms with van der Waals surface area (Å²) in [6.07, 6.45) is 1.45. The molecule has 1 heterocycles. The Balaban J connectivity index is 2.22. The normalized spacial score (nSPS) is 12.7. The lowest BCUT2D eigenvalue weighted by molar-refractivity contribution is -0.136. The van der Waals surface area contributed by atoms with E-state index in [0.717, 1.165) is 17.5 Å². The van der Waals surface area contributed by atoms with E-state index in [1.807, 2.05) is 13.0 Å². The molecule has 5 nitrogen and oxygen atoms in total. The van der Waals surface area contributed by atoms with Crippen LogP contribution in [0.5, 0.6) is 0 Å². The van der Waals surface area contributed by atoms with Gasteiger partial charge < -0.3 is 15.8 Å². The summed E-state index contributed by atoms with van der Waals surface area (Å²) < 4.78 is 0. The number of rotatable bonds is 5. The second-order valence-electron chi connectivity index (χ2n) is 4.05. The standard InChI is InChI=1S/C12H15N3O2S/c1-2-3-10(11(16)17)18-12-14-8-5-4-7(13)6-9(8)15-12/h4-6,10H,2-3,13H2,1H3,(H,14,15)(H,16,17). The lowest BCUT2D eigenvalue weighted by Crippen LogP contribution is -2.15. The van der Waals surface area contributed by atoms with Gasteiger partial charge in [-0.25, -0.2) is 4.98 Å². The largest absolute Gasteiger partial charge is 0.480 e. The molecule has 0 radical (unpaired) electrons. The minimum Gasteiger partial charge on any atom is -0.480 e. The van der Waals surface area contributed by atoms with Crippen LogP contribution in [0.3, 0.4) is 0 Å². The summed E-state index contributed by atoms with van der Waals surface area (Å²) in [4.78, 5) is 18.5. The number of H-pyrrole nitrogens is 1. The first-order chi connectivity index (χ1) is 8.60. The minimum absolute atomic E-state index is 0.465. The number of aliphatic carboxylic acids is 1. The number of hydrogen-bond acceptors (Lipinski definition) is 4. The average molecular weight is 265 g/mol. The smallest absolute Gasteiger partial charge is 0.317 e. The van der Waals surface area contributed by atoms with E-state index in [9.17, 15) is 4.79 Å². The molecule has 0 amide bonds. The minimum atomic E-state index is -0.804. The van der Waals surface area contributed by atoms with E-state index in [4.69, 9.17) is 10.8 Å². The van der Waals surface area contributed by atoms with Gasteiger partial charge in [0.25, 0.3) is 0 Å². The number of nitrogens with two attached hydrogens (primary N) is 1. The highest BCUT2D eigenvalue weighted by atomic mass is 32.2. The summed E-state index contributed by atoms with van der Waals surface area (Å²) in [5, 5.41) is 9.26. The molecule has 0 aliphatic carbocycles. The topological polar surface area (TPSA) is 92.0 Å². The van der Waals surface area contributed by atoms with E-state index in [1.165, 1.54) is 11.8 Å². The van der Waals surface area contributed by atoms with E-state index in [1.54, 1.807) is 12.1 Å². The Morgan fingerprint density at radius 1 is 1.61 bits per heavy atom. The quantitative estimate of drug-likeness (QED) is 0.570. The second kappa shape index (κ2) is 5.30. The highest BCUT2D eigenvalue weighted by Gasteiger charge is 2.19. The molecule has 0 spiro atoms. The van der Waals surface area contributed by atoms with Gasteiger partial charge in [-0.15, -0.1) is 0 Å². The summed E-state index contributed by atoms with van der Waals surface area (Å²) in [6, 6.07) is 5.39. The Morgan fingerprint density at radius 2 is 2.39 bits per heavy atom. The fourth-order valence-electron chi connectivity index (χ4n) is 1.69. The number of carboxylic acid groups (broad SMARTS) is 1. The van der Waals surface area contributed by atoms with Crippen molar-refractivity contribution in [2.75, 3.05) is 5.73 Å². The Hall–Kier alpha value is -1.69. The van der Waals surface area contributed by atoms with Crippen molar-refractivity contribution in [3.05, 3.63) is 18.2 Å². The molecule has 0 saturated heterocycles. The van der Waals surface area contributed by atoms with Crippen molar-refractivity contribution < 1.29 is 9.90 Å². The molecule has 0 saturated carbocycles. The van der Waals surface area contributed by atoms with Crippen molar-refractivity contribution in [1.29, 1.82) is 0 Å². The number of anilines is 1. The van der Waals surface area contributed by atoms with E-state index < -0.39 is 11.2 Å². The monoisotopic (exact) mass is 265 g/mol. The molecule has 18 heavy (non-hydrogen) atoms. The zero-order valence-corrected chi connectivity index (χ0v) is 10.8. The number of benzene rings is 1. The highest BCUT2D eigenvalue weighted by molar-refractivity contribution is 8.00. The number of fused-ring (bicyclic) bond motifs is 1. The molecule has 0 aliphatic rings. The molecule has 96 valence electrons. The molecule has 1 aromatic carbocycles. The molecule has 1 aromatic heterocycles. The summed E-state index contributed by atoms with van der Waals surface area (Å²) in [5.41, 5.74) is 7.97. The molecule has 6 heteroatoms. The molecular formula is C12H15N3O2S. The fourth-order valence-corrected chi connectivity index (χ4v) is 2.73. The number of nitrogens with zero attached hydrogens (tertiary/aromatic N) is 1. The fraction of sp³-hybridized carbons (Fsp3) is 0.333. The second-order valence-corrected chi connectivity index (χ2v) is 5.24. The number of nitrogens with one attached hydrogen (secondary N) is 1. The Bertz CT molecular complexity index is 567. The molecule has 2 rings (SSSR count). The van der Waals surface area contributed by atoms with Gasteiger partial charge in [0.05, 0.1) is 11.0 Å². The van der Waals surface area contributed by atoms with Gasteiger partial charge in [0.1, 0.15) is 5.25 Å². The van der Waals surface area contributed by atoms with Crippen LogP contribution in [-0.4, -0.2) is 26.3 Å². The SMILES string of the molecule is CCCC(Sc1nc2ccc(N)cc2[nH]1)C(=O)O. The van der Waals surface area contributed by atoms with Crippen LogP contribution in [0, 0.1) is 0 Å². The predicted molar refractivity (Wildman–Crippen MR) is 72.7 cm³/mol. The number of thioether (sulfide) groups is 1. The van der Waals surface area contributed by atoms with Gasteiger partial charge in [0, 0.05) is 5.69 Å². The van der Waals surface area contributed by atoms with E-state index in [-0.39, 0.29) is 0 Å². The lowest BCUT2D eigenvalue weighted by Gasteiger charge is -2.07. The van der Waals surface area contributed by atoms with Gasteiger partial charge in [0.15, 0.2) is 5.16 Å². The van der Waals surface area contributed by atoms with Gasteiger partial charge >= 0.3 is 5.97 Å². The Labute approximate surface area is 109 Å². The molecule has 0 bridgehead atoms. The van der Waals surface area contributed by atoms with Gasteiger partial charge in [0.2, 0.25) is 0 Å². The van der Waals surface area contributed by atoms with Crippen molar-refractivity contribution >= 4 is 34.5 Å². The maximum atomic E-state index is 11.1. The maximum Gasteiger partial charge on any atom is 0.317 e. The van der Waals surface area contributed by atoms with Gasteiger partial charge in [-0.2, -0.15) is 0 Å². The van der Waals surface area contributed by atoms with Gasteiger partial charge in [-0.3, -0.25) is 4.79 Å². The first-order valence-corrected chi connectivity index (χ1v) is 6.63. The molecule has 2 aromatic rings. The van der Waals surface area contributed by atoms with Crippen molar-refractivity contribution in [1.82, 2.24) is 9.97 Å². The van der Waals surface area contributed by atoms with Gasteiger partial charge in [-0.05, 0) is 24.6 Å². The van der Waals surface area contributed by atoms with E-state index in [0.29, 0.717) is 17.3 Å². The first-order valence-electron chi connectivity index (χ1n) is 5.75. The number of nitrogen functional groups attached to an aromatic ring is 1. The molecule has 0 fully saturated rings. The number of aromatic nitrogens is 2. The zero-order chi connectivity index (χ0) is 13.1. The molecular weight excluding hydrogens is 250 g/mol. The van der Waals surface area contributed by atoms with Crippen LogP contribution in [-0.2, 0) is 4.79 Å². The number of hydrogen-bond donors (Lipinski definition) is 3. The number of aromatic amines is 1. The predicted octanol–water partition coefficient (Wildman–Crippen LogP) is 2.49. The number of carboxylic acids is 1. The molecule has 0 aliphatic heterocycles. The summed E-state index contributed by atoms with van der Waals surface area (Å²) in [5.74, 6) is -0.804. The van der Waals surface area contributed by atoms with Crippen LogP contribution in [0.15, 0.2) is 23.4 Å². The van der Waals surface area contributed by atoms with Crippen LogP contribution in [0.1, 0.15) is 19.8 Å². The molecule has 1 unspecified atom stereocenters. The van der Waals surface area contributed by atoms with Crippen LogP contribution in [0.2, 0.25) is 0 Å². The molecule has 4 N–H and O–H groups in total. The third kappa shape index (κ3) is 2.76. The Morgan fingerprint density at radius 3 is 3.06 bits per heavy atom.